The lowest BCUT2D eigenvalue weighted by atomic mass is 10.0. The fourth-order valence-electron chi connectivity index (χ4n) is 2.95. The lowest BCUT2D eigenvalue weighted by Gasteiger charge is -2.20. The molecule has 0 spiro atoms. The topological polar surface area (TPSA) is 63.7 Å². The van der Waals surface area contributed by atoms with Crippen molar-refractivity contribution in [2.45, 2.75) is 24.8 Å². The zero-order valence-electron chi connectivity index (χ0n) is 14.3. The molecule has 0 radical (unpaired) electrons. The predicted octanol–water partition coefficient (Wildman–Crippen LogP) is 3.06. The zero-order chi connectivity index (χ0) is 19.1. The Morgan fingerprint density at radius 2 is 1.81 bits per heavy atom. The number of benzene rings is 2. The van der Waals surface area contributed by atoms with Crippen molar-refractivity contribution in [1.29, 1.82) is 0 Å². The first-order chi connectivity index (χ1) is 12.3. The van der Waals surface area contributed by atoms with Gasteiger partial charge >= 0.3 is 0 Å². The van der Waals surface area contributed by atoms with Crippen LogP contribution >= 0.6 is 0 Å². The number of sulfonamides is 1. The number of hydrogen-bond acceptors (Lipinski definition) is 4. The molecule has 2 aromatic rings. The number of hydrogen-bond donors (Lipinski definition) is 0. The van der Waals surface area contributed by atoms with Crippen LogP contribution < -0.4 is 4.74 Å². The molecule has 0 bridgehead atoms. The molecular formula is C18H17F2NO4S. The fraction of sp³-hybridized carbons (Fsp3) is 0.278. The first kappa shape index (κ1) is 18.5. The number of nitrogens with zero attached hydrogens (tertiary/aromatic N) is 1. The van der Waals surface area contributed by atoms with E-state index < -0.39 is 33.2 Å². The maximum Gasteiger partial charge on any atom is 0.243 e. The monoisotopic (exact) mass is 381 g/mol. The lowest BCUT2D eigenvalue weighted by Crippen LogP contribution is -2.31. The minimum absolute atomic E-state index is 0.0148. The average molecular weight is 381 g/mol. The third-order valence-electron chi connectivity index (χ3n) is 4.33. The summed E-state index contributed by atoms with van der Waals surface area (Å²) in [6.07, 6.45) is -0.205. The van der Waals surface area contributed by atoms with E-state index in [9.17, 15) is 22.0 Å². The molecule has 0 fully saturated rings. The number of Topliss-reactive ketones (excluding diaryl/α,β-unsaturated/α-hetero) is 1. The van der Waals surface area contributed by atoms with Crippen molar-refractivity contribution >= 4 is 15.8 Å². The van der Waals surface area contributed by atoms with Gasteiger partial charge < -0.3 is 4.74 Å². The summed E-state index contributed by atoms with van der Waals surface area (Å²) in [5, 5.41) is 0. The van der Waals surface area contributed by atoms with Crippen LogP contribution in [-0.2, 0) is 16.6 Å². The van der Waals surface area contributed by atoms with E-state index in [0.29, 0.717) is 0 Å². The van der Waals surface area contributed by atoms with Gasteiger partial charge in [-0.05, 0) is 30.7 Å². The third-order valence-corrected chi connectivity index (χ3v) is 6.19. The highest BCUT2D eigenvalue weighted by Crippen LogP contribution is 2.32. The van der Waals surface area contributed by atoms with Gasteiger partial charge in [-0.1, -0.05) is 17.7 Å². The molecule has 0 saturated heterocycles. The van der Waals surface area contributed by atoms with Gasteiger partial charge in [0.2, 0.25) is 10.0 Å². The molecule has 1 aliphatic rings. The van der Waals surface area contributed by atoms with Gasteiger partial charge in [-0.15, -0.1) is 0 Å². The Bertz CT molecular complexity index is 972. The number of fused-ring (bicyclic) bond motifs is 1. The van der Waals surface area contributed by atoms with E-state index in [4.69, 9.17) is 0 Å². The Kier molecular flexibility index (Phi) is 4.81. The molecule has 0 unspecified atom stereocenters. The molecule has 2 aromatic carbocycles. The summed E-state index contributed by atoms with van der Waals surface area (Å²) in [7, 11) is -2.80. The second kappa shape index (κ2) is 6.77. The molecule has 0 saturated carbocycles. The van der Waals surface area contributed by atoms with E-state index in [1.165, 1.54) is 12.1 Å². The second-order valence-electron chi connectivity index (χ2n) is 6.06. The first-order valence-corrected chi connectivity index (χ1v) is 9.34. The molecular weight excluding hydrogens is 364 g/mol. The van der Waals surface area contributed by atoms with Crippen LogP contribution in [0.5, 0.6) is 5.75 Å². The summed E-state index contributed by atoms with van der Waals surface area (Å²) in [5.41, 5.74) is 0.570. The number of halogens is 2. The van der Waals surface area contributed by atoms with Gasteiger partial charge in [-0.25, -0.2) is 17.2 Å². The van der Waals surface area contributed by atoms with E-state index in [2.05, 4.69) is 4.74 Å². The smallest absolute Gasteiger partial charge is 0.243 e. The third kappa shape index (κ3) is 3.10. The number of rotatable bonds is 3. The number of aryl methyl sites for hydroxylation is 1. The predicted molar refractivity (Wildman–Crippen MR) is 90.6 cm³/mol. The van der Waals surface area contributed by atoms with Gasteiger partial charge in [-0.2, -0.15) is 4.31 Å². The van der Waals surface area contributed by atoms with E-state index in [0.717, 1.165) is 23.0 Å². The van der Waals surface area contributed by atoms with Crippen molar-refractivity contribution in [1.82, 2.24) is 4.31 Å². The van der Waals surface area contributed by atoms with Crippen molar-refractivity contribution in [3.8, 4) is 5.75 Å². The van der Waals surface area contributed by atoms with E-state index in [-0.39, 0.29) is 35.5 Å². The molecule has 5 nitrogen and oxygen atoms in total. The summed E-state index contributed by atoms with van der Waals surface area (Å²) in [4.78, 5) is 12.4. The standard InChI is InChI=1S/C18H17F2NO4S/c1-11-3-5-13(6-4-11)26(23,24)21-8-7-15(22)16-12(10-21)9-14(19)18(25-2)17(16)20/h3-6,9H,7-8,10H2,1-2H3. The number of ketones is 1. The van der Waals surface area contributed by atoms with Crippen LogP contribution in [0.4, 0.5) is 8.78 Å². The molecule has 138 valence electrons. The zero-order valence-corrected chi connectivity index (χ0v) is 15.1. The quantitative estimate of drug-likeness (QED) is 0.820. The highest BCUT2D eigenvalue weighted by atomic mass is 32.2. The van der Waals surface area contributed by atoms with Crippen molar-refractivity contribution in [3.05, 3.63) is 58.7 Å². The highest BCUT2D eigenvalue weighted by molar-refractivity contribution is 7.89. The molecule has 0 aromatic heterocycles. The molecule has 1 aliphatic heterocycles. The van der Waals surface area contributed by atoms with E-state index >= 15 is 0 Å². The highest BCUT2D eigenvalue weighted by Gasteiger charge is 2.33. The molecule has 8 heteroatoms. The lowest BCUT2D eigenvalue weighted by molar-refractivity contribution is 0.0976. The number of ether oxygens (including phenoxy) is 1. The van der Waals surface area contributed by atoms with E-state index in [1.54, 1.807) is 12.1 Å². The van der Waals surface area contributed by atoms with Gasteiger partial charge in [0, 0.05) is 19.5 Å². The Morgan fingerprint density at radius 1 is 1.15 bits per heavy atom. The largest absolute Gasteiger partial charge is 0.491 e. The van der Waals surface area contributed by atoms with E-state index in [1.807, 2.05) is 6.92 Å². The normalized spacial score (nSPS) is 15.5. The number of carbonyl (C=O) groups excluding carboxylic acids is 1. The van der Waals surface area contributed by atoms with Crippen LogP contribution in [0.25, 0.3) is 0 Å². The molecule has 26 heavy (non-hydrogen) atoms. The van der Waals surface area contributed by atoms with Gasteiger partial charge in [0.25, 0.3) is 0 Å². The molecule has 3 rings (SSSR count). The molecule has 1 heterocycles. The van der Waals surface area contributed by atoms with Gasteiger partial charge in [0.05, 0.1) is 17.6 Å². The van der Waals surface area contributed by atoms with Crippen LogP contribution in [0.2, 0.25) is 0 Å². The van der Waals surface area contributed by atoms with Crippen LogP contribution in [0.1, 0.15) is 27.9 Å². The Morgan fingerprint density at radius 3 is 2.42 bits per heavy atom. The van der Waals surface area contributed by atoms with Crippen LogP contribution in [-0.4, -0.2) is 32.2 Å². The average Bonchev–Trinajstić information content (AvgIpc) is 2.75. The SMILES string of the molecule is COc1c(F)cc2c(c1F)C(=O)CCN(S(=O)(=O)c1ccc(C)cc1)C2. The number of carbonyl (C=O) groups is 1. The molecule has 0 atom stereocenters. The number of methoxy groups -OCH3 is 1. The summed E-state index contributed by atoms with van der Waals surface area (Å²) < 4.78 is 60.0. The van der Waals surface area contributed by atoms with Crippen molar-refractivity contribution < 1.29 is 26.7 Å². The van der Waals surface area contributed by atoms with Crippen molar-refractivity contribution in [3.63, 3.8) is 0 Å². The molecule has 0 N–H and O–H groups in total. The maximum absolute atomic E-state index is 14.5. The first-order valence-electron chi connectivity index (χ1n) is 7.90. The van der Waals surface area contributed by atoms with Gasteiger partial charge in [-0.3, -0.25) is 4.79 Å². The maximum atomic E-state index is 14.5. The van der Waals surface area contributed by atoms with Crippen molar-refractivity contribution in [2.24, 2.45) is 0 Å². The molecule has 0 aliphatic carbocycles. The Labute approximate surface area is 150 Å². The van der Waals surface area contributed by atoms with Crippen LogP contribution in [0.15, 0.2) is 35.2 Å². The minimum Gasteiger partial charge on any atom is -0.491 e. The van der Waals surface area contributed by atoms with Crippen LogP contribution in [0.3, 0.4) is 0 Å². The Hall–Kier alpha value is -2.32. The summed E-state index contributed by atoms with van der Waals surface area (Å²) >= 11 is 0. The second-order valence-corrected chi connectivity index (χ2v) is 8.00. The van der Waals surface area contributed by atoms with Crippen LogP contribution in [0, 0.1) is 18.6 Å². The minimum atomic E-state index is -3.90. The van der Waals surface area contributed by atoms with Gasteiger partial charge in [0.1, 0.15) is 0 Å². The van der Waals surface area contributed by atoms with Gasteiger partial charge in [0.15, 0.2) is 23.2 Å². The fourth-order valence-corrected chi connectivity index (χ4v) is 4.37. The summed E-state index contributed by atoms with van der Waals surface area (Å²) in [6.45, 7) is 1.42. The Balaban J connectivity index is 2.07. The summed E-state index contributed by atoms with van der Waals surface area (Å²) in [5.74, 6) is -3.31. The molecule has 0 amide bonds. The summed E-state index contributed by atoms with van der Waals surface area (Å²) in [6, 6.07) is 7.21. The van der Waals surface area contributed by atoms with Crippen molar-refractivity contribution in [2.75, 3.05) is 13.7 Å².